The van der Waals surface area contributed by atoms with Gasteiger partial charge in [0.1, 0.15) is 0 Å². The summed E-state index contributed by atoms with van der Waals surface area (Å²) >= 11 is 0. The quantitative estimate of drug-likeness (QED) is 0.764. The molecule has 0 aromatic carbocycles. The Morgan fingerprint density at radius 2 is 2.33 bits per heavy atom. The second-order valence-corrected chi connectivity index (χ2v) is 5.24. The Morgan fingerprint density at radius 1 is 1.61 bits per heavy atom. The molecule has 5 nitrogen and oxygen atoms in total. The van der Waals surface area contributed by atoms with Crippen LogP contribution in [0, 0.1) is 5.92 Å². The number of imidazole rings is 1. The summed E-state index contributed by atoms with van der Waals surface area (Å²) < 4.78 is 2.00. The van der Waals surface area contributed by atoms with Gasteiger partial charge in [-0.3, -0.25) is 4.79 Å². The molecule has 1 aromatic heterocycles. The van der Waals surface area contributed by atoms with Crippen molar-refractivity contribution in [1.82, 2.24) is 14.9 Å². The molecule has 2 unspecified atom stereocenters. The lowest BCUT2D eigenvalue weighted by molar-refractivity contribution is -0.126. The molecule has 0 saturated heterocycles. The Kier molecular flexibility index (Phi) is 5.34. The number of nitrogens with two attached hydrogens (primary N) is 1. The van der Waals surface area contributed by atoms with Crippen molar-refractivity contribution in [3.05, 3.63) is 18.7 Å². The first-order valence-corrected chi connectivity index (χ1v) is 6.48. The van der Waals surface area contributed by atoms with E-state index in [0.717, 1.165) is 13.0 Å². The molecule has 0 radical (unpaired) electrons. The van der Waals surface area contributed by atoms with Gasteiger partial charge in [-0.2, -0.15) is 0 Å². The van der Waals surface area contributed by atoms with Gasteiger partial charge in [-0.25, -0.2) is 4.98 Å². The summed E-state index contributed by atoms with van der Waals surface area (Å²) in [6.45, 7) is 7.38. The third kappa shape index (κ3) is 4.49. The number of hydrogen-bond acceptors (Lipinski definition) is 3. The molecule has 1 aromatic rings. The summed E-state index contributed by atoms with van der Waals surface area (Å²) in [5.74, 6) is 0.280. The average molecular weight is 252 g/mol. The van der Waals surface area contributed by atoms with E-state index in [1.807, 2.05) is 17.7 Å². The number of carbonyl (C=O) groups is 1. The third-order valence-corrected chi connectivity index (χ3v) is 2.98. The van der Waals surface area contributed by atoms with Gasteiger partial charge < -0.3 is 15.6 Å². The molecule has 18 heavy (non-hydrogen) atoms. The van der Waals surface area contributed by atoms with Crippen LogP contribution in [0.3, 0.4) is 0 Å². The molecular formula is C13H24N4O. The number of nitrogens with one attached hydrogen (secondary N) is 1. The van der Waals surface area contributed by atoms with Crippen molar-refractivity contribution in [2.45, 2.75) is 45.7 Å². The van der Waals surface area contributed by atoms with Crippen molar-refractivity contribution < 1.29 is 4.79 Å². The summed E-state index contributed by atoms with van der Waals surface area (Å²) in [5, 5.41) is 2.92. The van der Waals surface area contributed by atoms with Crippen LogP contribution in [-0.2, 0) is 11.3 Å². The number of carbonyl (C=O) groups excluding carboxylic acids is 1. The first-order valence-electron chi connectivity index (χ1n) is 6.48. The molecule has 2 atom stereocenters. The van der Waals surface area contributed by atoms with Crippen LogP contribution in [0.5, 0.6) is 0 Å². The number of hydrogen-bond donors (Lipinski definition) is 2. The highest BCUT2D eigenvalue weighted by atomic mass is 16.2. The van der Waals surface area contributed by atoms with E-state index < -0.39 is 5.54 Å². The van der Waals surface area contributed by atoms with Crippen LogP contribution in [-0.4, -0.2) is 27.5 Å². The molecule has 1 rings (SSSR count). The van der Waals surface area contributed by atoms with Gasteiger partial charge in [-0.05, 0) is 19.3 Å². The number of nitrogens with zero attached hydrogens (tertiary/aromatic N) is 2. The van der Waals surface area contributed by atoms with E-state index in [9.17, 15) is 4.79 Å². The molecule has 0 spiro atoms. The zero-order chi connectivity index (χ0) is 13.6. The number of amides is 1. The van der Waals surface area contributed by atoms with E-state index in [4.69, 9.17) is 5.73 Å². The molecule has 1 amide bonds. The van der Waals surface area contributed by atoms with Crippen LogP contribution in [0.1, 0.15) is 33.6 Å². The van der Waals surface area contributed by atoms with E-state index in [-0.39, 0.29) is 5.91 Å². The smallest absolute Gasteiger partial charge is 0.239 e. The minimum absolute atomic E-state index is 0.0677. The second-order valence-electron chi connectivity index (χ2n) is 5.24. The first kappa shape index (κ1) is 14.7. The van der Waals surface area contributed by atoms with Gasteiger partial charge in [0, 0.05) is 25.5 Å². The predicted molar refractivity (Wildman–Crippen MR) is 71.9 cm³/mol. The van der Waals surface area contributed by atoms with Gasteiger partial charge >= 0.3 is 0 Å². The van der Waals surface area contributed by atoms with Crippen LogP contribution in [0.4, 0.5) is 0 Å². The van der Waals surface area contributed by atoms with Crippen LogP contribution < -0.4 is 11.1 Å². The van der Waals surface area contributed by atoms with E-state index in [1.165, 1.54) is 0 Å². The third-order valence-electron chi connectivity index (χ3n) is 2.98. The zero-order valence-corrected chi connectivity index (χ0v) is 11.5. The van der Waals surface area contributed by atoms with E-state index >= 15 is 0 Å². The van der Waals surface area contributed by atoms with E-state index in [1.54, 1.807) is 19.4 Å². The monoisotopic (exact) mass is 252 g/mol. The Hall–Kier alpha value is -1.36. The zero-order valence-electron chi connectivity index (χ0n) is 11.5. The summed E-state index contributed by atoms with van der Waals surface area (Å²) in [7, 11) is 0. The normalized spacial score (nSPS) is 16.0. The van der Waals surface area contributed by atoms with Crippen molar-refractivity contribution in [3.8, 4) is 0 Å². The number of aromatic nitrogens is 2. The predicted octanol–water partition coefficient (Wildman–Crippen LogP) is 1.15. The minimum atomic E-state index is -0.760. The molecule has 1 heterocycles. The molecule has 0 fully saturated rings. The Morgan fingerprint density at radius 3 is 2.89 bits per heavy atom. The molecular weight excluding hydrogens is 228 g/mol. The van der Waals surface area contributed by atoms with Crippen molar-refractivity contribution >= 4 is 5.91 Å². The van der Waals surface area contributed by atoms with Crippen LogP contribution >= 0.6 is 0 Å². The minimum Gasteiger partial charge on any atom is -0.354 e. The van der Waals surface area contributed by atoms with Gasteiger partial charge in [-0.1, -0.05) is 20.3 Å². The van der Waals surface area contributed by atoms with Gasteiger partial charge in [-0.15, -0.1) is 0 Å². The SMILES string of the molecule is CCCC(C)(N)C(=O)NCC(C)Cn1ccnc1. The van der Waals surface area contributed by atoms with E-state index in [0.29, 0.717) is 18.9 Å². The molecule has 0 bridgehead atoms. The Bertz CT molecular complexity index is 359. The van der Waals surface area contributed by atoms with Crippen molar-refractivity contribution in [2.75, 3.05) is 6.54 Å². The summed E-state index contributed by atoms with van der Waals surface area (Å²) in [6, 6.07) is 0. The second kappa shape index (κ2) is 6.54. The number of rotatable bonds is 7. The van der Waals surface area contributed by atoms with Gasteiger partial charge in [0.25, 0.3) is 0 Å². The molecule has 102 valence electrons. The molecule has 5 heteroatoms. The molecule has 0 aliphatic carbocycles. The van der Waals surface area contributed by atoms with Crippen LogP contribution in [0.25, 0.3) is 0 Å². The Labute approximate surface area is 109 Å². The van der Waals surface area contributed by atoms with Gasteiger partial charge in [0.05, 0.1) is 11.9 Å². The highest BCUT2D eigenvalue weighted by molar-refractivity contribution is 5.85. The average Bonchev–Trinajstić information content (AvgIpc) is 2.78. The topological polar surface area (TPSA) is 72.9 Å². The van der Waals surface area contributed by atoms with Crippen LogP contribution in [0.2, 0.25) is 0 Å². The highest BCUT2D eigenvalue weighted by Crippen LogP contribution is 2.08. The Balaban J connectivity index is 2.34. The molecule has 0 saturated carbocycles. The van der Waals surface area contributed by atoms with Gasteiger partial charge in [0.15, 0.2) is 0 Å². The highest BCUT2D eigenvalue weighted by Gasteiger charge is 2.26. The van der Waals surface area contributed by atoms with Crippen molar-refractivity contribution in [2.24, 2.45) is 11.7 Å². The lowest BCUT2D eigenvalue weighted by atomic mass is 9.96. The van der Waals surface area contributed by atoms with Crippen LogP contribution in [0.15, 0.2) is 18.7 Å². The molecule has 3 N–H and O–H groups in total. The summed E-state index contributed by atoms with van der Waals surface area (Å²) in [5.41, 5.74) is 5.21. The first-order chi connectivity index (χ1) is 8.45. The maximum atomic E-state index is 11.9. The largest absolute Gasteiger partial charge is 0.354 e. The summed E-state index contributed by atoms with van der Waals surface area (Å²) in [6.07, 6.45) is 7.06. The summed E-state index contributed by atoms with van der Waals surface area (Å²) in [4.78, 5) is 15.9. The van der Waals surface area contributed by atoms with Crippen molar-refractivity contribution in [1.29, 1.82) is 0 Å². The van der Waals surface area contributed by atoms with E-state index in [2.05, 4.69) is 17.2 Å². The molecule has 0 aliphatic heterocycles. The maximum absolute atomic E-state index is 11.9. The van der Waals surface area contributed by atoms with Gasteiger partial charge in [0.2, 0.25) is 5.91 Å². The fourth-order valence-electron chi connectivity index (χ4n) is 1.92. The fourth-order valence-corrected chi connectivity index (χ4v) is 1.92. The standard InChI is InChI=1S/C13H24N4O/c1-4-5-13(3,14)12(18)16-8-11(2)9-17-7-6-15-10-17/h6-7,10-11H,4-5,8-9,14H2,1-3H3,(H,16,18). The molecule has 0 aliphatic rings. The van der Waals surface area contributed by atoms with Crippen molar-refractivity contribution in [3.63, 3.8) is 0 Å². The maximum Gasteiger partial charge on any atom is 0.239 e. The fraction of sp³-hybridized carbons (Fsp3) is 0.692. The lowest BCUT2D eigenvalue weighted by Crippen LogP contribution is -2.52. The lowest BCUT2D eigenvalue weighted by Gasteiger charge is -2.24.